The van der Waals surface area contributed by atoms with Gasteiger partial charge in [0.15, 0.2) is 0 Å². The van der Waals surface area contributed by atoms with Crippen LogP contribution in [0.4, 0.5) is 0 Å². The number of hydrogen-bond acceptors (Lipinski definition) is 3. The van der Waals surface area contributed by atoms with Crippen molar-refractivity contribution in [3.63, 3.8) is 0 Å². The Kier molecular flexibility index (Phi) is 2.45. The molecule has 1 aliphatic rings. The third-order valence-corrected chi connectivity index (χ3v) is 1.65. The molecule has 3 nitrogen and oxygen atoms in total. The van der Waals surface area contributed by atoms with E-state index in [1.807, 2.05) is 4.90 Å². The van der Waals surface area contributed by atoms with Crippen molar-refractivity contribution in [2.75, 3.05) is 26.4 Å². The number of nitrogens with zero attached hydrogens (tertiary/aromatic N) is 1. The highest BCUT2D eigenvalue weighted by atomic mass is 16.3. The molecule has 2 N–H and O–H groups in total. The largest absolute Gasteiger partial charge is 0.381 e. The Hall–Kier alpha value is -0.120. The van der Waals surface area contributed by atoms with E-state index in [1.54, 1.807) is 0 Å². The van der Waals surface area contributed by atoms with Crippen LogP contribution in [-0.2, 0) is 0 Å². The number of aliphatic hydroxyl groups is 1. The Labute approximate surface area is 55.7 Å². The first-order chi connectivity index (χ1) is 4.33. The SMILES string of the molecule is C[C@@H]1CN(CO)CCN1. The highest BCUT2D eigenvalue weighted by Crippen LogP contribution is 1.95. The molecule has 0 aromatic carbocycles. The lowest BCUT2D eigenvalue weighted by molar-refractivity contribution is 0.0821. The molecule has 1 atom stereocenters. The van der Waals surface area contributed by atoms with Crippen molar-refractivity contribution >= 4 is 0 Å². The Balaban J connectivity index is 2.23. The first-order valence-electron chi connectivity index (χ1n) is 3.39. The molecule has 0 saturated carbocycles. The lowest BCUT2D eigenvalue weighted by Gasteiger charge is -2.29. The maximum absolute atomic E-state index is 8.71. The molecule has 0 unspecified atom stereocenters. The molecule has 1 fully saturated rings. The lowest BCUT2D eigenvalue weighted by Crippen LogP contribution is -2.49. The Morgan fingerprint density at radius 1 is 1.78 bits per heavy atom. The van der Waals surface area contributed by atoms with Crippen molar-refractivity contribution in [1.29, 1.82) is 0 Å². The van der Waals surface area contributed by atoms with Crippen LogP contribution in [0.1, 0.15) is 6.92 Å². The molecule has 0 amide bonds. The summed E-state index contributed by atoms with van der Waals surface area (Å²) in [4.78, 5) is 2.03. The van der Waals surface area contributed by atoms with Gasteiger partial charge < -0.3 is 10.4 Å². The maximum Gasteiger partial charge on any atom is 0.0957 e. The molecule has 0 aliphatic carbocycles. The molecular formula is C6H14N2O. The van der Waals surface area contributed by atoms with Crippen molar-refractivity contribution < 1.29 is 5.11 Å². The number of nitrogens with one attached hydrogen (secondary N) is 1. The van der Waals surface area contributed by atoms with Gasteiger partial charge in [-0.25, -0.2) is 0 Å². The van der Waals surface area contributed by atoms with Crippen molar-refractivity contribution in [3.8, 4) is 0 Å². The fourth-order valence-corrected chi connectivity index (χ4v) is 1.14. The summed E-state index contributed by atoms with van der Waals surface area (Å²) in [5, 5.41) is 12.0. The van der Waals surface area contributed by atoms with Crippen molar-refractivity contribution in [3.05, 3.63) is 0 Å². The fourth-order valence-electron chi connectivity index (χ4n) is 1.14. The minimum atomic E-state index is 0.200. The maximum atomic E-state index is 8.71. The molecule has 1 rings (SSSR count). The molecule has 1 aliphatic heterocycles. The third kappa shape index (κ3) is 1.93. The fraction of sp³-hybridized carbons (Fsp3) is 1.00. The van der Waals surface area contributed by atoms with E-state index in [9.17, 15) is 0 Å². The van der Waals surface area contributed by atoms with Crippen molar-refractivity contribution in [1.82, 2.24) is 10.2 Å². The van der Waals surface area contributed by atoms with Gasteiger partial charge in [0.1, 0.15) is 0 Å². The van der Waals surface area contributed by atoms with E-state index < -0.39 is 0 Å². The van der Waals surface area contributed by atoms with Crippen LogP contribution in [0, 0.1) is 0 Å². The van der Waals surface area contributed by atoms with E-state index in [0.29, 0.717) is 6.04 Å². The standard InChI is InChI=1S/C6H14N2O/c1-6-4-8(5-9)3-2-7-6/h6-7,9H,2-5H2,1H3/t6-/m1/s1. The molecule has 54 valence electrons. The molecule has 1 saturated heterocycles. The highest BCUT2D eigenvalue weighted by molar-refractivity contribution is 4.72. The summed E-state index contributed by atoms with van der Waals surface area (Å²) in [6.45, 7) is 5.27. The van der Waals surface area contributed by atoms with E-state index >= 15 is 0 Å². The monoisotopic (exact) mass is 130 g/mol. The molecule has 0 bridgehead atoms. The van der Waals surface area contributed by atoms with Crippen LogP contribution in [0.3, 0.4) is 0 Å². The van der Waals surface area contributed by atoms with Crippen LogP contribution >= 0.6 is 0 Å². The summed E-state index contributed by atoms with van der Waals surface area (Å²) in [5.41, 5.74) is 0. The van der Waals surface area contributed by atoms with Crippen LogP contribution in [0.15, 0.2) is 0 Å². The van der Waals surface area contributed by atoms with E-state index in [4.69, 9.17) is 5.11 Å². The molecule has 9 heavy (non-hydrogen) atoms. The average Bonchev–Trinajstić information content (AvgIpc) is 1.88. The van der Waals surface area contributed by atoms with Gasteiger partial charge in [-0.3, -0.25) is 4.90 Å². The average molecular weight is 130 g/mol. The van der Waals surface area contributed by atoms with Gasteiger partial charge in [0.05, 0.1) is 6.73 Å². The second kappa shape index (κ2) is 3.15. The quantitative estimate of drug-likeness (QED) is 0.489. The second-order valence-electron chi connectivity index (χ2n) is 2.57. The summed E-state index contributed by atoms with van der Waals surface area (Å²) in [6.07, 6.45) is 0. The van der Waals surface area contributed by atoms with Crippen molar-refractivity contribution in [2.45, 2.75) is 13.0 Å². The normalized spacial score (nSPS) is 30.7. The Morgan fingerprint density at radius 2 is 2.56 bits per heavy atom. The molecule has 0 radical (unpaired) electrons. The molecule has 3 heteroatoms. The predicted molar refractivity (Wildman–Crippen MR) is 36.1 cm³/mol. The van der Waals surface area contributed by atoms with Gasteiger partial charge in [-0.2, -0.15) is 0 Å². The van der Waals surface area contributed by atoms with Crippen molar-refractivity contribution in [2.24, 2.45) is 0 Å². The highest BCUT2D eigenvalue weighted by Gasteiger charge is 2.13. The molecule has 0 aromatic rings. The summed E-state index contributed by atoms with van der Waals surface area (Å²) in [7, 11) is 0. The van der Waals surface area contributed by atoms with Gasteiger partial charge >= 0.3 is 0 Å². The van der Waals surface area contributed by atoms with Gasteiger partial charge in [0, 0.05) is 25.7 Å². The number of rotatable bonds is 1. The zero-order valence-electron chi connectivity index (χ0n) is 5.80. The van der Waals surface area contributed by atoms with E-state index in [0.717, 1.165) is 19.6 Å². The summed E-state index contributed by atoms with van der Waals surface area (Å²) in [6, 6.07) is 0.533. The minimum absolute atomic E-state index is 0.200. The van der Waals surface area contributed by atoms with Gasteiger partial charge in [-0.05, 0) is 6.92 Å². The zero-order valence-corrected chi connectivity index (χ0v) is 5.80. The minimum Gasteiger partial charge on any atom is -0.381 e. The topological polar surface area (TPSA) is 35.5 Å². The Bertz CT molecular complexity index is 87.1. The second-order valence-corrected chi connectivity index (χ2v) is 2.57. The summed E-state index contributed by atoms with van der Waals surface area (Å²) < 4.78 is 0. The van der Waals surface area contributed by atoms with Crippen LogP contribution < -0.4 is 5.32 Å². The molecule has 0 aromatic heterocycles. The van der Waals surface area contributed by atoms with Gasteiger partial charge in [-0.1, -0.05) is 0 Å². The predicted octanol–water partition coefficient (Wildman–Crippen LogP) is -0.770. The van der Waals surface area contributed by atoms with E-state index in [2.05, 4.69) is 12.2 Å². The zero-order chi connectivity index (χ0) is 6.69. The summed E-state index contributed by atoms with van der Waals surface area (Å²) in [5.74, 6) is 0. The summed E-state index contributed by atoms with van der Waals surface area (Å²) >= 11 is 0. The number of hydrogen-bond donors (Lipinski definition) is 2. The van der Waals surface area contributed by atoms with Crippen LogP contribution in [0.2, 0.25) is 0 Å². The molecular weight excluding hydrogens is 116 g/mol. The van der Waals surface area contributed by atoms with Gasteiger partial charge in [0.25, 0.3) is 0 Å². The van der Waals surface area contributed by atoms with Gasteiger partial charge in [0.2, 0.25) is 0 Å². The number of piperazine rings is 1. The number of aliphatic hydroxyl groups excluding tert-OH is 1. The van der Waals surface area contributed by atoms with E-state index in [1.165, 1.54) is 0 Å². The first kappa shape index (κ1) is 6.99. The smallest absolute Gasteiger partial charge is 0.0957 e. The third-order valence-electron chi connectivity index (χ3n) is 1.65. The molecule has 1 heterocycles. The van der Waals surface area contributed by atoms with E-state index in [-0.39, 0.29) is 6.73 Å². The molecule has 0 spiro atoms. The lowest BCUT2D eigenvalue weighted by atomic mass is 10.2. The van der Waals surface area contributed by atoms with Crippen LogP contribution in [0.5, 0.6) is 0 Å². The van der Waals surface area contributed by atoms with Gasteiger partial charge in [-0.15, -0.1) is 0 Å². The Morgan fingerprint density at radius 3 is 3.00 bits per heavy atom. The van der Waals surface area contributed by atoms with Crippen LogP contribution in [-0.4, -0.2) is 42.4 Å². The van der Waals surface area contributed by atoms with Crippen LogP contribution in [0.25, 0.3) is 0 Å². The first-order valence-corrected chi connectivity index (χ1v) is 3.39.